The fourth-order valence-corrected chi connectivity index (χ4v) is 2.04. The van der Waals surface area contributed by atoms with Crippen LogP contribution in [-0.2, 0) is 9.59 Å². The molecular formula is C15H31N5O2. The monoisotopic (exact) mass is 313 g/mol. The molecule has 0 saturated heterocycles. The van der Waals surface area contributed by atoms with Gasteiger partial charge in [-0.3, -0.25) is 20.4 Å². The molecule has 22 heavy (non-hydrogen) atoms. The van der Waals surface area contributed by atoms with Gasteiger partial charge in [0.2, 0.25) is 5.91 Å². The Balaban J connectivity index is 4.14. The first-order valence-corrected chi connectivity index (χ1v) is 8.00. The summed E-state index contributed by atoms with van der Waals surface area (Å²) in [7, 11) is 0. The molecule has 0 aromatic carbocycles. The second-order valence-electron chi connectivity index (χ2n) is 6.16. The standard InChI is InChI=1S/C15H31N5O2/c1-6-12(7-2)17-15(4,5)14(22)20-19-13(21)10-8-9-11(3)18-16/h11-12,16-17H,6-10H2,1-5H3,(H,19,21)(H,20,22). The summed E-state index contributed by atoms with van der Waals surface area (Å²) in [5, 5.41) is 6.66. The summed E-state index contributed by atoms with van der Waals surface area (Å²) in [6.45, 7) is 9.56. The van der Waals surface area contributed by atoms with E-state index in [4.69, 9.17) is 5.53 Å². The van der Waals surface area contributed by atoms with Crippen molar-refractivity contribution in [2.75, 3.05) is 0 Å². The number of hydrogen-bond donors (Lipinski definition) is 4. The molecule has 7 heteroatoms. The molecule has 0 bridgehead atoms. The largest absolute Gasteiger partial charge is 0.301 e. The van der Waals surface area contributed by atoms with E-state index in [1.54, 1.807) is 13.8 Å². The number of hydrogen-bond acceptors (Lipinski definition) is 5. The Bertz CT molecular complexity index is 367. The van der Waals surface area contributed by atoms with E-state index in [1.807, 2.05) is 6.92 Å². The van der Waals surface area contributed by atoms with Gasteiger partial charge in [-0.05, 0) is 46.5 Å². The fourth-order valence-electron chi connectivity index (χ4n) is 2.04. The molecule has 0 spiro atoms. The second-order valence-corrected chi connectivity index (χ2v) is 6.16. The van der Waals surface area contributed by atoms with Crippen LogP contribution in [0, 0.1) is 5.53 Å². The number of carbonyl (C=O) groups excluding carboxylic acids is 2. The molecule has 0 aliphatic carbocycles. The Kier molecular flexibility index (Phi) is 9.56. The smallest absolute Gasteiger partial charge is 0.258 e. The van der Waals surface area contributed by atoms with Gasteiger partial charge in [0, 0.05) is 12.5 Å². The highest BCUT2D eigenvalue weighted by Gasteiger charge is 2.29. The predicted molar refractivity (Wildman–Crippen MR) is 86.3 cm³/mol. The topological polar surface area (TPSA) is 106 Å². The molecule has 0 heterocycles. The molecule has 0 rings (SSSR count). The number of hydrazine groups is 1. The van der Waals surface area contributed by atoms with Crippen molar-refractivity contribution >= 4 is 11.8 Å². The average molecular weight is 313 g/mol. The van der Waals surface area contributed by atoms with E-state index in [-0.39, 0.29) is 23.9 Å². The SMILES string of the molecule is CCC(CC)NC(C)(C)C(=O)NNC(=O)CCCC(C)N=N. The van der Waals surface area contributed by atoms with Crippen molar-refractivity contribution in [3.8, 4) is 0 Å². The molecule has 0 aromatic rings. The minimum atomic E-state index is -0.747. The van der Waals surface area contributed by atoms with Crippen LogP contribution in [0.1, 0.15) is 66.7 Å². The molecule has 0 aromatic heterocycles. The van der Waals surface area contributed by atoms with Crippen LogP contribution in [0.5, 0.6) is 0 Å². The Morgan fingerprint density at radius 3 is 2.27 bits per heavy atom. The molecule has 128 valence electrons. The van der Waals surface area contributed by atoms with Crippen molar-refractivity contribution in [2.45, 2.75) is 84.3 Å². The van der Waals surface area contributed by atoms with Gasteiger partial charge >= 0.3 is 0 Å². The van der Waals surface area contributed by atoms with Crippen LogP contribution in [0.3, 0.4) is 0 Å². The lowest BCUT2D eigenvalue weighted by molar-refractivity contribution is -0.132. The lowest BCUT2D eigenvalue weighted by Crippen LogP contribution is -2.59. The van der Waals surface area contributed by atoms with E-state index in [0.29, 0.717) is 19.3 Å². The van der Waals surface area contributed by atoms with Crippen molar-refractivity contribution in [3.63, 3.8) is 0 Å². The summed E-state index contributed by atoms with van der Waals surface area (Å²) in [6, 6.07) is 0.206. The van der Waals surface area contributed by atoms with Crippen molar-refractivity contribution in [3.05, 3.63) is 0 Å². The summed E-state index contributed by atoms with van der Waals surface area (Å²) in [5.74, 6) is -0.494. The quantitative estimate of drug-likeness (QED) is 0.367. The van der Waals surface area contributed by atoms with E-state index < -0.39 is 5.54 Å². The molecule has 1 unspecified atom stereocenters. The second kappa shape index (κ2) is 10.3. The lowest BCUT2D eigenvalue weighted by Gasteiger charge is -2.29. The van der Waals surface area contributed by atoms with E-state index >= 15 is 0 Å². The third-order valence-corrected chi connectivity index (χ3v) is 3.68. The van der Waals surface area contributed by atoms with Crippen LogP contribution in [0.2, 0.25) is 0 Å². The Hall–Kier alpha value is -1.50. The predicted octanol–water partition coefficient (Wildman–Crippen LogP) is 2.28. The molecule has 2 amide bonds. The van der Waals surface area contributed by atoms with E-state index in [9.17, 15) is 9.59 Å². The van der Waals surface area contributed by atoms with Crippen LogP contribution in [-0.4, -0.2) is 29.4 Å². The zero-order valence-electron chi connectivity index (χ0n) is 14.5. The van der Waals surface area contributed by atoms with Gasteiger partial charge in [-0.15, -0.1) is 0 Å². The summed E-state index contributed by atoms with van der Waals surface area (Å²) in [6.07, 6.45) is 3.52. The van der Waals surface area contributed by atoms with E-state index in [0.717, 1.165) is 12.8 Å². The molecule has 0 aliphatic heterocycles. The van der Waals surface area contributed by atoms with Crippen LogP contribution in [0.25, 0.3) is 0 Å². The maximum atomic E-state index is 12.1. The van der Waals surface area contributed by atoms with E-state index in [2.05, 4.69) is 35.1 Å². The van der Waals surface area contributed by atoms with Gasteiger partial charge in [0.15, 0.2) is 0 Å². The average Bonchev–Trinajstić information content (AvgIpc) is 2.49. The summed E-state index contributed by atoms with van der Waals surface area (Å²) < 4.78 is 0. The van der Waals surface area contributed by atoms with Crippen molar-refractivity contribution in [1.82, 2.24) is 16.2 Å². The van der Waals surface area contributed by atoms with Gasteiger partial charge < -0.3 is 5.32 Å². The molecule has 0 saturated carbocycles. The number of amides is 2. The first-order valence-electron chi connectivity index (χ1n) is 8.00. The third kappa shape index (κ3) is 8.07. The maximum Gasteiger partial charge on any atom is 0.258 e. The molecule has 7 nitrogen and oxygen atoms in total. The molecule has 1 atom stereocenters. The molecule has 0 aliphatic rings. The van der Waals surface area contributed by atoms with Gasteiger partial charge in [0.25, 0.3) is 5.91 Å². The third-order valence-electron chi connectivity index (χ3n) is 3.68. The number of nitrogens with one attached hydrogen (secondary N) is 4. The summed E-state index contributed by atoms with van der Waals surface area (Å²) >= 11 is 0. The van der Waals surface area contributed by atoms with Gasteiger partial charge in [-0.1, -0.05) is 13.8 Å². The van der Waals surface area contributed by atoms with Crippen molar-refractivity contribution in [2.24, 2.45) is 5.11 Å². The Labute approximate surface area is 133 Å². The van der Waals surface area contributed by atoms with Gasteiger partial charge in [0.05, 0.1) is 11.6 Å². The normalized spacial score (nSPS) is 12.8. The summed E-state index contributed by atoms with van der Waals surface area (Å²) in [4.78, 5) is 23.8. The molecular weight excluding hydrogens is 282 g/mol. The summed E-state index contributed by atoms with van der Waals surface area (Å²) in [5.41, 5.74) is 11.0. The van der Waals surface area contributed by atoms with Crippen LogP contribution in [0.4, 0.5) is 0 Å². The van der Waals surface area contributed by atoms with Gasteiger partial charge in [0.1, 0.15) is 0 Å². The van der Waals surface area contributed by atoms with Crippen molar-refractivity contribution < 1.29 is 9.59 Å². The van der Waals surface area contributed by atoms with Crippen LogP contribution >= 0.6 is 0 Å². The number of rotatable bonds is 10. The number of carbonyl (C=O) groups is 2. The lowest BCUT2D eigenvalue weighted by atomic mass is 10.0. The highest BCUT2D eigenvalue weighted by atomic mass is 16.2. The van der Waals surface area contributed by atoms with Crippen LogP contribution < -0.4 is 16.2 Å². The van der Waals surface area contributed by atoms with Gasteiger partial charge in [-0.2, -0.15) is 5.11 Å². The highest BCUT2D eigenvalue weighted by molar-refractivity contribution is 5.87. The first kappa shape index (κ1) is 20.5. The fraction of sp³-hybridized carbons (Fsp3) is 0.867. The number of nitrogens with zero attached hydrogens (tertiary/aromatic N) is 1. The Morgan fingerprint density at radius 1 is 1.18 bits per heavy atom. The maximum absolute atomic E-state index is 12.1. The van der Waals surface area contributed by atoms with Crippen molar-refractivity contribution in [1.29, 1.82) is 5.53 Å². The highest BCUT2D eigenvalue weighted by Crippen LogP contribution is 2.08. The molecule has 0 radical (unpaired) electrons. The van der Waals surface area contributed by atoms with Crippen LogP contribution in [0.15, 0.2) is 5.11 Å². The van der Waals surface area contributed by atoms with Gasteiger partial charge in [-0.25, -0.2) is 5.53 Å². The Morgan fingerprint density at radius 2 is 1.77 bits per heavy atom. The van der Waals surface area contributed by atoms with E-state index in [1.165, 1.54) is 0 Å². The minimum Gasteiger partial charge on any atom is -0.301 e. The molecule has 0 fully saturated rings. The zero-order valence-corrected chi connectivity index (χ0v) is 14.5. The minimum absolute atomic E-state index is 0.0643. The first-order chi connectivity index (χ1) is 10.3. The molecule has 4 N–H and O–H groups in total. The zero-order chi connectivity index (χ0) is 17.2.